The van der Waals surface area contributed by atoms with E-state index >= 15 is 0 Å². The number of rotatable bonds is 7. The summed E-state index contributed by atoms with van der Waals surface area (Å²) in [7, 11) is -2.03. The fraction of sp³-hybridized carbons (Fsp3) is 0.484. The Labute approximate surface area is 234 Å². The lowest BCUT2D eigenvalue weighted by molar-refractivity contribution is 0.0201. The molecule has 1 saturated heterocycles. The summed E-state index contributed by atoms with van der Waals surface area (Å²) < 4.78 is 20.7. The molecule has 3 aromatic rings. The van der Waals surface area contributed by atoms with Crippen LogP contribution in [0.5, 0.6) is 11.5 Å². The average Bonchev–Trinajstić information content (AvgIpc) is 3.44. The first-order valence-electron chi connectivity index (χ1n) is 13.7. The Morgan fingerprint density at radius 3 is 2.36 bits per heavy atom. The van der Waals surface area contributed by atoms with E-state index < -0.39 is 13.9 Å². The third-order valence-corrected chi connectivity index (χ3v) is 12.0. The van der Waals surface area contributed by atoms with Gasteiger partial charge in [0.15, 0.2) is 8.32 Å². The standard InChI is InChI=1S/C31H43N3O4Si/c1-30(2,3)37-29(35)34-22-26(38-39(7,8)31(4,5)6)20-27(34)28-32-17-18-33(28)21-23-13-12-16-25(19-23)36-24-14-10-9-11-15-24/h9-19,26-27H,20-22H2,1-8H3/t26-,27+/m1/s1. The monoisotopic (exact) mass is 549 g/mol. The van der Waals surface area contributed by atoms with E-state index in [1.807, 2.05) is 75.5 Å². The van der Waals surface area contributed by atoms with Crippen LogP contribution >= 0.6 is 0 Å². The lowest BCUT2D eigenvalue weighted by Gasteiger charge is -2.38. The number of amides is 1. The number of imidazole rings is 1. The third-order valence-electron chi connectivity index (χ3n) is 7.43. The summed E-state index contributed by atoms with van der Waals surface area (Å²) in [5, 5.41) is 0.0765. The van der Waals surface area contributed by atoms with Crippen molar-refractivity contribution in [3.05, 3.63) is 78.4 Å². The highest BCUT2D eigenvalue weighted by atomic mass is 28.4. The van der Waals surface area contributed by atoms with Crippen molar-refractivity contribution in [2.24, 2.45) is 0 Å². The Morgan fingerprint density at radius 2 is 1.69 bits per heavy atom. The van der Waals surface area contributed by atoms with Gasteiger partial charge in [0.05, 0.1) is 12.1 Å². The molecule has 2 heterocycles. The number of carbonyl (C=O) groups excluding carboxylic acids is 1. The van der Waals surface area contributed by atoms with Crippen molar-refractivity contribution in [3.8, 4) is 11.5 Å². The summed E-state index contributed by atoms with van der Waals surface area (Å²) in [6.45, 7) is 18.0. The fourth-order valence-electron chi connectivity index (χ4n) is 4.52. The number of likely N-dealkylation sites (tertiary alicyclic amines) is 1. The Morgan fingerprint density at radius 1 is 1.00 bits per heavy atom. The highest BCUT2D eigenvalue weighted by Crippen LogP contribution is 2.41. The summed E-state index contributed by atoms with van der Waals surface area (Å²) in [5.41, 5.74) is 0.493. The maximum Gasteiger partial charge on any atom is 0.411 e. The predicted octanol–water partition coefficient (Wildman–Crippen LogP) is 7.80. The van der Waals surface area contributed by atoms with E-state index in [0.717, 1.165) is 22.9 Å². The van der Waals surface area contributed by atoms with E-state index in [1.165, 1.54) is 0 Å². The van der Waals surface area contributed by atoms with Gasteiger partial charge in [0.2, 0.25) is 0 Å². The van der Waals surface area contributed by atoms with Crippen molar-refractivity contribution in [3.63, 3.8) is 0 Å². The second kappa shape index (κ2) is 11.2. The molecule has 0 unspecified atom stereocenters. The molecule has 0 N–H and O–H groups in total. The number of nitrogens with zero attached hydrogens (tertiary/aromatic N) is 3. The number of hydrogen-bond acceptors (Lipinski definition) is 5. The van der Waals surface area contributed by atoms with Gasteiger partial charge in [-0.05, 0) is 68.7 Å². The van der Waals surface area contributed by atoms with Gasteiger partial charge < -0.3 is 18.5 Å². The van der Waals surface area contributed by atoms with Gasteiger partial charge in [-0.2, -0.15) is 0 Å². The zero-order valence-corrected chi connectivity index (χ0v) is 25.6. The second-order valence-electron chi connectivity index (χ2n) is 12.9. The molecule has 7 nitrogen and oxygen atoms in total. The van der Waals surface area contributed by atoms with E-state index in [9.17, 15) is 4.79 Å². The van der Waals surface area contributed by atoms with E-state index in [0.29, 0.717) is 19.5 Å². The van der Waals surface area contributed by atoms with Crippen molar-refractivity contribution in [2.45, 2.75) is 90.4 Å². The van der Waals surface area contributed by atoms with Crippen LogP contribution in [0.4, 0.5) is 4.79 Å². The van der Waals surface area contributed by atoms with Crippen molar-refractivity contribution < 1.29 is 18.7 Å². The Hall–Kier alpha value is -3.10. The lowest BCUT2D eigenvalue weighted by atomic mass is 10.1. The van der Waals surface area contributed by atoms with Crippen molar-refractivity contribution in [2.75, 3.05) is 6.54 Å². The summed E-state index contributed by atoms with van der Waals surface area (Å²) in [4.78, 5) is 19.9. The quantitative estimate of drug-likeness (QED) is 0.281. The van der Waals surface area contributed by atoms with Gasteiger partial charge in [0.1, 0.15) is 22.9 Å². The first kappa shape index (κ1) is 28.9. The Balaban J connectivity index is 1.57. The molecule has 210 valence electrons. The van der Waals surface area contributed by atoms with Crippen molar-refractivity contribution >= 4 is 14.4 Å². The van der Waals surface area contributed by atoms with Crippen LogP contribution in [0.15, 0.2) is 67.0 Å². The number of aromatic nitrogens is 2. The smallest absolute Gasteiger partial charge is 0.411 e. The molecular weight excluding hydrogens is 506 g/mol. The van der Waals surface area contributed by atoms with Gasteiger partial charge in [-0.25, -0.2) is 9.78 Å². The van der Waals surface area contributed by atoms with Gasteiger partial charge in [-0.15, -0.1) is 0 Å². The van der Waals surface area contributed by atoms with E-state index in [2.05, 4.69) is 44.5 Å². The average molecular weight is 550 g/mol. The lowest BCUT2D eigenvalue weighted by Crippen LogP contribution is -2.45. The zero-order chi connectivity index (χ0) is 28.4. The van der Waals surface area contributed by atoms with Crippen LogP contribution in [-0.4, -0.2) is 47.1 Å². The number of ether oxygens (including phenoxy) is 2. The van der Waals surface area contributed by atoms with Crippen LogP contribution in [-0.2, 0) is 15.7 Å². The molecule has 0 radical (unpaired) electrons. The molecule has 2 aromatic carbocycles. The molecule has 2 atom stereocenters. The number of para-hydroxylation sites is 1. The predicted molar refractivity (Wildman–Crippen MR) is 157 cm³/mol. The van der Waals surface area contributed by atoms with Crippen LogP contribution in [0.25, 0.3) is 0 Å². The Bertz CT molecular complexity index is 1260. The molecule has 1 aliphatic heterocycles. The van der Waals surface area contributed by atoms with E-state index in [4.69, 9.17) is 18.9 Å². The molecule has 1 amide bonds. The molecule has 8 heteroatoms. The Kier molecular flexibility index (Phi) is 8.28. The van der Waals surface area contributed by atoms with Crippen LogP contribution in [0.1, 0.15) is 65.4 Å². The first-order chi connectivity index (χ1) is 18.2. The third kappa shape index (κ3) is 7.31. The summed E-state index contributed by atoms with van der Waals surface area (Å²) >= 11 is 0. The van der Waals surface area contributed by atoms with Crippen molar-refractivity contribution in [1.29, 1.82) is 0 Å². The SMILES string of the molecule is CC(C)(C)OC(=O)N1C[C@H](O[Si](C)(C)C(C)(C)C)C[C@H]1c1nccn1Cc1cccc(Oc2ccccc2)c1. The number of hydrogen-bond donors (Lipinski definition) is 0. The molecule has 4 rings (SSSR count). The summed E-state index contributed by atoms with van der Waals surface area (Å²) in [5.74, 6) is 2.40. The number of benzene rings is 2. The maximum atomic E-state index is 13.4. The van der Waals surface area contributed by atoms with Crippen LogP contribution in [0.3, 0.4) is 0 Å². The van der Waals surface area contributed by atoms with Gasteiger partial charge in [-0.1, -0.05) is 51.1 Å². The normalized spacial score (nSPS) is 18.3. The maximum absolute atomic E-state index is 13.4. The largest absolute Gasteiger partial charge is 0.457 e. The van der Waals surface area contributed by atoms with Crippen LogP contribution < -0.4 is 4.74 Å². The van der Waals surface area contributed by atoms with Gasteiger partial charge in [0.25, 0.3) is 0 Å². The van der Waals surface area contributed by atoms with Crippen LogP contribution in [0.2, 0.25) is 18.1 Å². The summed E-state index contributed by atoms with van der Waals surface area (Å²) in [6.07, 6.45) is 4.04. The van der Waals surface area contributed by atoms with Gasteiger partial charge in [0, 0.05) is 31.9 Å². The molecule has 1 aromatic heterocycles. The van der Waals surface area contributed by atoms with Crippen LogP contribution in [0, 0.1) is 0 Å². The molecule has 0 spiro atoms. The van der Waals surface area contributed by atoms with E-state index in [1.54, 1.807) is 11.1 Å². The number of carbonyl (C=O) groups is 1. The fourth-order valence-corrected chi connectivity index (χ4v) is 5.88. The molecule has 1 fully saturated rings. The summed E-state index contributed by atoms with van der Waals surface area (Å²) in [6, 6.07) is 17.6. The zero-order valence-electron chi connectivity index (χ0n) is 24.6. The van der Waals surface area contributed by atoms with Gasteiger partial charge in [-0.3, -0.25) is 4.90 Å². The molecular formula is C31H43N3O4Si. The van der Waals surface area contributed by atoms with Gasteiger partial charge >= 0.3 is 6.09 Å². The van der Waals surface area contributed by atoms with E-state index in [-0.39, 0.29) is 23.3 Å². The minimum absolute atomic E-state index is 0.0730. The molecule has 39 heavy (non-hydrogen) atoms. The molecule has 0 aliphatic carbocycles. The minimum Gasteiger partial charge on any atom is -0.457 e. The first-order valence-corrected chi connectivity index (χ1v) is 16.6. The van der Waals surface area contributed by atoms with Crippen molar-refractivity contribution in [1.82, 2.24) is 14.5 Å². The highest BCUT2D eigenvalue weighted by molar-refractivity contribution is 6.74. The molecule has 0 saturated carbocycles. The molecule has 1 aliphatic rings. The highest BCUT2D eigenvalue weighted by Gasteiger charge is 2.45. The second-order valence-corrected chi connectivity index (χ2v) is 17.6. The molecule has 0 bridgehead atoms. The topological polar surface area (TPSA) is 65.8 Å². The minimum atomic E-state index is -2.03.